The van der Waals surface area contributed by atoms with Crippen molar-refractivity contribution < 1.29 is 0 Å². The van der Waals surface area contributed by atoms with Crippen LogP contribution < -0.4 is 5.73 Å². The van der Waals surface area contributed by atoms with Gasteiger partial charge in [0.2, 0.25) is 0 Å². The number of hydrogen-bond acceptors (Lipinski definition) is 1. The third-order valence-electron chi connectivity index (χ3n) is 1.95. The molecule has 0 amide bonds. The van der Waals surface area contributed by atoms with Crippen LogP contribution >= 0.6 is 0 Å². The van der Waals surface area contributed by atoms with Crippen LogP contribution in [0.4, 0.5) is 0 Å². The maximum Gasteiger partial charge on any atom is 0.0170 e. The van der Waals surface area contributed by atoms with E-state index in [0.29, 0.717) is 11.8 Å². The van der Waals surface area contributed by atoms with Gasteiger partial charge < -0.3 is 5.73 Å². The van der Waals surface area contributed by atoms with Crippen molar-refractivity contribution in [2.24, 2.45) is 17.6 Å². The highest BCUT2D eigenvalue weighted by Crippen LogP contribution is 2.35. The molecule has 0 heterocycles. The largest absolute Gasteiger partial charge is 0.402 e. The second-order valence-electron chi connectivity index (χ2n) is 2.56. The SMILES string of the molecule is NC1=CC2C=CC1C2. The minimum atomic E-state index is 0.597. The Morgan fingerprint density at radius 1 is 1.50 bits per heavy atom. The third-order valence-corrected chi connectivity index (χ3v) is 1.95. The van der Waals surface area contributed by atoms with Gasteiger partial charge in [0.05, 0.1) is 0 Å². The zero-order chi connectivity index (χ0) is 5.56. The molecule has 0 aromatic carbocycles. The van der Waals surface area contributed by atoms with Crippen molar-refractivity contribution in [1.29, 1.82) is 0 Å². The number of allylic oxidation sites excluding steroid dienone is 3. The van der Waals surface area contributed by atoms with Crippen molar-refractivity contribution in [2.75, 3.05) is 0 Å². The van der Waals surface area contributed by atoms with Gasteiger partial charge in [-0.3, -0.25) is 0 Å². The van der Waals surface area contributed by atoms with Crippen LogP contribution in [0.25, 0.3) is 0 Å². The van der Waals surface area contributed by atoms with Gasteiger partial charge in [0.25, 0.3) is 0 Å². The monoisotopic (exact) mass is 107 g/mol. The van der Waals surface area contributed by atoms with Crippen LogP contribution in [0.3, 0.4) is 0 Å². The summed E-state index contributed by atoms with van der Waals surface area (Å²) >= 11 is 0. The van der Waals surface area contributed by atoms with Crippen molar-refractivity contribution in [3.05, 3.63) is 23.9 Å². The first-order valence-corrected chi connectivity index (χ1v) is 3.02. The minimum absolute atomic E-state index is 0.597. The van der Waals surface area contributed by atoms with Gasteiger partial charge in [-0.15, -0.1) is 0 Å². The van der Waals surface area contributed by atoms with E-state index in [1.165, 1.54) is 6.42 Å². The molecule has 2 bridgehead atoms. The molecule has 0 radical (unpaired) electrons. The Bertz CT molecular complexity index is 167. The molecule has 2 unspecified atom stereocenters. The number of hydrogen-bond donors (Lipinski definition) is 1. The molecule has 0 aliphatic heterocycles. The molecule has 2 atom stereocenters. The lowest BCUT2D eigenvalue weighted by Crippen LogP contribution is -2.02. The molecule has 2 N–H and O–H groups in total. The van der Waals surface area contributed by atoms with Gasteiger partial charge in [0.1, 0.15) is 0 Å². The Balaban J connectivity index is 2.36. The Kier molecular flexibility index (Phi) is 0.608. The van der Waals surface area contributed by atoms with Gasteiger partial charge in [-0.25, -0.2) is 0 Å². The van der Waals surface area contributed by atoms with Crippen LogP contribution in [0, 0.1) is 11.8 Å². The van der Waals surface area contributed by atoms with Crippen LogP contribution in [0.2, 0.25) is 0 Å². The maximum absolute atomic E-state index is 5.63. The Morgan fingerprint density at radius 3 is 2.62 bits per heavy atom. The third kappa shape index (κ3) is 0.365. The summed E-state index contributed by atoms with van der Waals surface area (Å²) in [6.07, 6.45) is 7.84. The van der Waals surface area contributed by atoms with E-state index in [4.69, 9.17) is 5.73 Å². The molecule has 0 saturated carbocycles. The molecule has 1 nitrogen and oxygen atoms in total. The molecule has 2 rings (SSSR count). The summed E-state index contributed by atoms with van der Waals surface area (Å²) in [6, 6.07) is 0. The molecule has 42 valence electrons. The molecule has 1 heteroatoms. The highest BCUT2D eigenvalue weighted by atomic mass is 14.6. The molecular weight excluding hydrogens is 98.1 g/mol. The molecule has 0 aromatic rings. The van der Waals surface area contributed by atoms with Gasteiger partial charge in [-0.05, 0) is 12.3 Å². The molecular formula is C7H9N. The average Bonchev–Trinajstić information content (AvgIpc) is 2.23. The molecule has 0 saturated heterocycles. The molecule has 0 spiro atoms. The highest BCUT2D eigenvalue weighted by molar-refractivity contribution is 5.27. The van der Waals surface area contributed by atoms with Crippen molar-refractivity contribution in [2.45, 2.75) is 6.42 Å². The van der Waals surface area contributed by atoms with E-state index in [-0.39, 0.29) is 0 Å². The Hall–Kier alpha value is -0.720. The first-order chi connectivity index (χ1) is 3.86. The van der Waals surface area contributed by atoms with Crippen LogP contribution in [-0.2, 0) is 0 Å². The van der Waals surface area contributed by atoms with Crippen LogP contribution in [0.5, 0.6) is 0 Å². The van der Waals surface area contributed by atoms with Gasteiger partial charge in [-0.1, -0.05) is 18.2 Å². The Labute approximate surface area is 48.9 Å². The summed E-state index contributed by atoms with van der Waals surface area (Å²) in [5.41, 5.74) is 6.71. The first-order valence-electron chi connectivity index (χ1n) is 3.02. The lowest BCUT2D eigenvalue weighted by atomic mass is 10.1. The average molecular weight is 107 g/mol. The molecule has 0 fully saturated rings. The van der Waals surface area contributed by atoms with E-state index in [2.05, 4.69) is 18.2 Å². The van der Waals surface area contributed by atoms with Gasteiger partial charge >= 0.3 is 0 Å². The number of nitrogens with two attached hydrogens (primary N) is 1. The summed E-state index contributed by atoms with van der Waals surface area (Å²) in [5.74, 6) is 1.28. The lowest BCUT2D eigenvalue weighted by molar-refractivity contribution is 0.710. The smallest absolute Gasteiger partial charge is 0.0170 e. The summed E-state index contributed by atoms with van der Waals surface area (Å²) in [7, 11) is 0. The van der Waals surface area contributed by atoms with E-state index < -0.39 is 0 Å². The van der Waals surface area contributed by atoms with Crippen molar-refractivity contribution >= 4 is 0 Å². The molecule has 2 aliphatic rings. The Morgan fingerprint density at radius 2 is 2.38 bits per heavy atom. The molecule has 2 aliphatic carbocycles. The van der Waals surface area contributed by atoms with Crippen LogP contribution in [-0.4, -0.2) is 0 Å². The van der Waals surface area contributed by atoms with Crippen molar-refractivity contribution in [3.63, 3.8) is 0 Å². The number of rotatable bonds is 0. The fraction of sp³-hybridized carbons (Fsp3) is 0.429. The van der Waals surface area contributed by atoms with E-state index in [1.807, 2.05) is 0 Å². The second-order valence-corrected chi connectivity index (χ2v) is 2.56. The highest BCUT2D eigenvalue weighted by Gasteiger charge is 2.25. The van der Waals surface area contributed by atoms with E-state index >= 15 is 0 Å². The van der Waals surface area contributed by atoms with E-state index in [1.54, 1.807) is 0 Å². The quantitative estimate of drug-likeness (QED) is 0.460. The van der Waals surface area contributed by atoms with E-state index in [9.17, 15) is 0 Å². The van der Waals surface area contributed by atoms with Gasteiger partial charge in [0.15, 0.2) is 0 Å². The summed E-state index contributed by atoms with van der Waals surface area (Å²) < 4.78 is 0. The van der Waals surface area contributed by atoms with Crippen molar-refractivity contribution in [3.8, 4) is 0 Å². The predicted octanol–water partition coefficient (Wildman–Crippen LogP) is 1.03. The topological polar surface area (TPSA) is 26.0 Å². The van der Waals surface area contributed by atoms with Crippen LogP contribution in [0.15, 0.2) is 23.9 Å². The van der Waals surface area contributed by atoms with E-state index in [0.717, 1.165) is 5.70 Å². The summed E-state index contributed by atoms with van der Waals surface area (Å²) in [4.78, 5) is 0. The zero-order valence-corrected chi connectivity index (χ0v) is 4.67. The normalized spacial score (nSPS) is 40.8. The zero-order valence-electron chi connectivity index (χ0n) is 4.67. The standard InChI is InChI=1S/C7H9N/c8-7-4-5-1-2-6(7)3-5/h1-2,4-6H,3,8H2. The first kappa shape index (κ1) is 4.19. The maximum atomic E-state index is 5.63. The minimum Gasteiger partial charge on any atom is -0.402 e. The predicted molar refractivity (Wildman–Crippen MR) is 33.0 cm³/mol. The fourth-order valence-corrected chi connectivity index (χ4v) is 1.47. The number of fused-ring (bicyclic) bond motifs is 2. The van der Waals surface area contributed by atoms with Gasteiger partial charge in [0, 0.05) is 11.6 Å². The fourth-order valence-electron chi connectivity index (χ4n) is 1.47. The van der Waals surface area contributed by atoms with Crippen molar-refractivity contribution in [1.82, 2.24) is 0 Å². The molecule has 8 heavy (non-hydrogen) atoms. The van der Waals surface area contributed by atoms with Crippen LogP contribution in [0.1, 0.15) is 6.42 Å². The summed E-state index contributed by atoms with van der Waals surface area (Å²) in [6.45, 7) is 0. The lowest BCUT2D eigenvalue weighted by Gasteiger charge is -1.99. The van der Waals surface area contributed by atoms with Gasteiger partial charge in [-0.2, -0.15) is 0 Å². The second kappa shape index (κ2) is 1.16. The molecule has 0 aromatic heterocycles. The summed E-state index contributed by atoms with van der Waals surface area (Å²) in [5, 5.41) is 0.